The molecule has 1 atom stereocenters. The molecule has 0 aliphatic carbocycles. The Kier molecular flexibility index (Phi) is 4.55. The molecule has 0 saturated carbocycles. The highest BCUT2D eigenvalue weighted by Crippen LogP contribution is 2.28. The van der Waals surface area contributed by atoms with Crippen LogP contribution in [0, 0.1) is 11.6 Å². The summed E-state index contributed by atoms with van der Waals surface area (Å²) in [6.07, 6.45) is 0.180. The molecule has 2 aromatic carbocycles. The Hall–Kier alpha value is -0.970. The van der Waals surface area contributed by atoms with Gasteiger partial charge in [-0.25, -0.2) is 8.78 Å². The first kappa shape index (κ1) is 14.4. The Morgan fingerprint density at radius 1 is 1.16 bits per heavy atom. The molecule has 0 radical (unpaired) electrons. The summed E-state index contributed by atoms with van der Waals surface area (Å²) in [6.45, 7) is 0. The van der Waals surface area contributed by atoms with Gasteiger partial charge in [-0.3, -0.25) is 0 Å². The lowest BCUT2D eigenvalue weighted by Crippen LogP contribution is -2.15. The van der Waals surface area contributed by atoms with E-state index < -0.39 is 17.7 Å². The molecule has 0 fully saturated rings. The van der Waals surface area contributed by atoms with Crippen molar-refractivity contribution >= 4 is 27.5 Å². The number of hydrogen-bond acceptors (Lipinski definition) is 1. The summed E-state index contributed by atoms with van der Waals surface area (Å²) in [6, 6.07) is 8.12. The zero-order chi connectivity index (χ0) is 14.0. The molecular weight excluding hydrogens is 336 g/mol. The van der Waals surface area contributed by atoms with Gasteiger partial charge in [-0.15, -0.1) is 0 Å². The number of nitrogens with two attached hydrogens (primary N) is 1. The third-order valence-electron chi connectivity index (χ3n) is 2.81. The van der Waals surface area contributed by atoms with E-state index in [2.05, 4.69) is 15.9 Å². The van der Waals surface area contributed by atoms with Gasteiger partial charge < -0.3 is 5.73 Å². The monoisotopic (exact) mass is 345 g/mol. The highest BCUT2D eigenvalue weighted by molar-refractivity contribution is 9.10. The summed E-state index contributed by atoms with van der Waals surface area (Å²) in [5.41, 5.74) is 6.95. The molecule has 0 amide bonds. The third kappa shape index (κ3) is 3.53. The van der Waals surface area contributed by atoms with Crippen molar-refractivity contribution in [1.82, 2.24) is 0 Å². The molecule has 0 aliphatic rings. The van der Waals surface area contributed by atoms with E-state index in [4.69, 9.17) is 17.3 Å². The first-order chi connectivity index (χ1) is 8.97. The van der Waals surface area contributed by atoms with Crippen molar-refractivity contribution in [3.05, 3.63) is 68.7 Å². The topological polar surface area (TPSA) is 26.0 Å². The predicted molar refractivity (Wildman–Crippen MR) is 76.1 cm³/mol. The molecule has 1 unspecified atom stereocenters. The standard InChI is InChI=1S/C14H11BrClF2N/c15-9-1-3-12(16)11(7-9)14(19)6-8-5-10(17)2-4-13(8)18/h1-5,7,14H,6,19H2. The summed E-state index contributed by atoms with van der Waals surface area (Å²) in [4.78, 5) is 0. The SMILES string of the molecule is NC(Cc1cc(F)ccc1F)c1cc(Br)ccc1Cl. The van der Waals surface area contributed by atoms with Gasteiger partial charge in [-0.05, 0) is 53.9 Å². The number of benzene rings is 2. The van der Waals surface area contributed by atoms with Gasteiger partial charge in [0.1, 0.15) is 11.6 Å². The second-order valence-corrected chi connectivity index (χ2v) is 5.54. The molecule has 19 heavy (non-hydrogen) atoms. The van der Waals surface area contributed by atoms with Gasteiger partial charge in [-0.2, -0.15) is 0 Å². The van der Waals surface area contributed by atoms with Crippen LogP contribution in [-0.2, 0) is 6.42 Å². The van der Waals surface area contributed by atoms with Crippen molar-refractivity contribution in [2.75, 3.05) is 0 Å². The van der Waals surface area contributed by atoms with Crippen LogP contribution >= 0.6 is 27.5 Å². The van der Waals surface area contributed by atoms with E-state index >= 15 is 0 Å². The average molecular weight is 347 g/mol. The molecule has 0 heterocycles. The molecule has 2 aromatic rings. The molecule has 0 aromatic heterocycles. The Balaban J connectivity index is 2.27. The lowest BCUT2D eigenvalue weighted by atomic mass is 9.99. The summed E-state index contributed by atoms with van der Waals surface area (Å²) in [5, 5.41) is 0.507. The highest BCUT2D eigenvalue weighted by atomic mass is 79.9. The molecule has 2 rings (SSSR count). The normalized spacial score (nSPS) is 12.5. The second-order valence-electron chi connectivity index (χ2n) is 4.21. The Labute approximate surface area is 123 Å². The largest absolute Gasteiger partial charge is 0.324 e. The van der Waals surface area contributed by atoms with Gasteiger partial charge in [0.2, 0.25) is 0 Å². The van der Waals surface area contributed by atoms with Gasteiger partial charge in [-0.1, -0.05) is 27.5 Å². The van der Waals surface area contributed by atoms with Crippen LogP contribution in [0.15, 0.2) is 40.9 Å². The molecule has 5 heteroatoms. The van der Waals surface area contributed by atoms with E-state index in [1.807, 2.05) is 0 Å². The van der Waals surface area contributed by atoms with Crippen LogP contribution in [0.5, 0.6) is 0 Å². The van der Waals surface area contributed by atoms with Crippen molar-refractivity contribution in [2.24, 2.45) is 5.73 Å². The minimum Gasteiger partial charge on any atom is -0.324 e. The maximum absolute atomic E-state index is 13.6. The first-order valence-corrected chi connectivity index (χ1v) is 6.79. The zero-order valence-corrected chi connectivity index (χ0v) is 12.2. The molecule has 100 valence electrons. The third-order valence-corrected chi connectivity index (χ3v) is 3.64. The van der Waals surface area contributed by atoms with Crippen LogP contribution in [0.1, 0.15) is 17.2 Å². The van der Waals surface area contributed by atoms with Crippen LogP contribution < -0.4 is 5.73 Å². The van der Waals surface area contributed by atoms with Crippen LogP contribution in [0.2, 0.25) is 5.02 Å². The van der Waals surface area contributed by atoms with Gasteiger partial charge >= 0.3 is 0 Å². The molecule has 1 nitrogen and oxygen atoms in total. The second kappa shape index (κ2) is 5.99. The maximum Gasteiger partial charge on any atom is 0.126 e. The van der Waals surface area contributed by atoms with Crippen molar-refractivity contribution in [1.29, 1.82) is 0 Å². The van der Waals surface area contributed by atoms with E-state index in [1.165, 1.54) is 0 Å². The fourth-order valence-corrected chi connectivity index (χ4v) is 2.48. The van der Waals surface area contributed by atoms with Gasteiger partial charge in [0.15, 0.2) is 0 Å². The summed E-state index contributed by atoms with van der Waals surface area (Å²) >= 11 is 9.39. The zero-order valence-electron chi connectivity index (χ0n) is 9.84. The quantitative estimate of drug-likeness (QED) is 0.862. The van der Waals surface area contributed by atoms with Gasteiger partial charge in [0.25, 0.3) is 0 Å². The summed E-state index contributed by atoms with van der Waals surface area (Å²) in [5.74, 6) is -0.952. The van der Waals surface area contributed by atoms with Crippen molar-refractivity contribution in [3.63, 3.8) is 0 Å². The molecule has 2 N–H and O–H groups in total. The summed E-state index contributed by atoms with van der Waals surface area (Å²) in [7, 11) is 0. The van der Waals surface area contributed by atoms with E-state index in [9.17, 15) is 8.78 Å². The lowest BCUT2D eigenvalue weighted by molar-refractivity contribution is 0.572. The average Bonchev–Trinajstić information content (AvgIpc) is 2.36. The fraction of sp³-hybridized carbons (Fsp3) is 0.143. The number of halogens is 4. The molecule has 0 saturated heterocycles. The van der Waals surface area contributed by atoms with E-state index in [0.717, 1.165) is 22.7 Å². The fourth-order valence-electron chi connectivity index (χ4n) is 1.85. The van der Waals surface area contributed by atoms with Gasteiger partial charge in [0.05, 0.1) is 0 Å². The molecule has 0 bridgehead atoms. The first-order valence-electron chi connectivity index (χ1n) is 5.62. The van der Waals surface area contributed by atoms with Crippen LogP contribution in [0.4, 0.5) is 8.78 Å². The van der Waals surface area contributed by atoms with E-state index in [-0.39, 0.29) is 12.0 Å². The number of rotatable bonds is 3. The Morgan fingerprint density at radius 3 is 2.63 bits per heavy atom. The lowest BCUT2D eigenvalue weighted by Gasteiger charge is -2.15. The van der Waals surface area contributed by atoms with Crippen molar-refractivity contribution in [3.8, 4) is 0 Å². The molecular formula is C14H11BrClF2N. The van der Waals surface area contributed by atoms with Crippen LogP contribution in [0.25, 0.3) is 0 Å². The van der Waals surface area contributed by atoms with Gasteiger partial charge in [0, 0.05) is 15.5 Å². The van der Waals surface area contributed by atoms with Crippen LogP contribution in [0.3, 0.4) is 0 Å². The smallest absolute Gasteiger partial charge is 0.126 e. The Bertz CT molecular complexity index is 604. The van der Waals surface area contributed by atoms with Crippen LogP contribution in [-0.4, -0.2) is 0 Å². The minimum absolute atomic E-state index is 0.180. The van der Waals surface area contributed by atoms with E-state index in [1.54, 1.807) is 18.2 Å². The number of hydrogen-bond donors (Lipinski definition) is 1. The minimum atomic E-state index is -0.499. The Morgan fingerprint density at radius 2 is 1.89 bits per heavy atom. The molecule has 0 spiro atoms. The summed E-state index contributed by atoms with van der Waals surface area (Å²) < 4.78 is 27.5. The maximum atomic E-state index is 13.6. The van der Waals surface area contributed by atoms with E-state index in [0.29, 0.717) is 10.6 Å². The van der Waals surface area contributed by atoms with Crippen molar-refractivity contribution in [2.45, 2.75) is 12.5 Å². The molecule has 0 aliphatic heterocycles. The van der Waals surface area contributed by atoms with Crippen molar-refractivity contribution < 1.29 is 8.78 Å². The highest BCUT2D eigenvalue weighted by Gasteiger charge is 2.14. The predicted octanol–water partition coefficient (Wildman–Crippen LogP) is 4.62.